The van der Waals surface area contributed by atoms with E-state index in [1.54, 1.807) is 28.6 Å². The molecule has 2 N–H and O–H groups in total. The number of carbonyl (C=O) groups is 2. The second-order valence-corrected chi connectivity index (χ2v) is 19.5. The van der Waals surface area contributed by atoms with Crippen molar-refractivity contribution in [3.63, 3.8) is 0 Å². The van der Waals surface area contributed by atoms with Gasteiger partial charge in [0.2, 0.25) is 5.91 Å². The molecule has 3 aliphatic heterocycles. The molecule has 338 valence electrons. The number of rotatable bonds is 13. The van der Waals surface area contributed by atoms with Crippen LogP contribution in [0.2, 0.25) is 10.0 Å². The first-order valence-electron chi connectivity index (χ1n) is 21.2. The number of amides is 1. The second-order valence-electron chi connectivity index (χ2n) is 16.1. The lowest BCUT2D eigenvalue weighted by Crippen LogP contribution is -2.54. The highest BCUT2D eigenvalue weighted by atomic mass is 35.5. The van der Waals surface area contributed by atoms with Crippen LogP contribution in [0.5, 0.6) is 17.2 Å². The predicted octanol–water partition coefficient (Wildman–Crippen LogP) is 8.49. The molecule has 66 heavy (non-hydrogen) atoms. The number of aryl methyl sites for hydroxylation is 1. The van der Waals surface area contributed by atoms with Gasteiger partial charge in [0.1, 0.15) is 46.2 Å². The maximum Gasteiger partial charge on any atom is 0.326 e. The standard InChI is InChI=1S/C49H43Cl2N5O8S2/c1-29-48(65-49(53-29)55-16-18-61-19-17-55)66(60)56-26-37-24-44-43(63-28-45(64-44)35-11-13-38(14-12-35)62-27-32-6-15-39(50)40(51)20-32)23-36(37)22-42(56)46(57)54-41(47(58)59)21-30-2-7-33(8-3-30)34-9-4-31(25-52)5-10-34/h2-15,20,23-24,41-42,45H,16-19,21-22,26-28H2,1H3,(H,54,57)(H,58,59). The highest BCUT2D eigenvalue weighted by Crippen LogP contribution is 2.42. The molecule has 3 aliphatic rings. The summed E-state index contributed by atoms with van der Waals surface area (Å²) in [6.45, 7) is 4.90. The average Bonchev–Trinajstić information content (AvgIpc) is 3.74. The van der Waals surface area contributed by atoms with E-state index in [-0.39, 0.29) is 26.0 Å². The van der Waals surface area contributed by atoms with Crippen LogP contribution in [0.4, 0.5) is 5.13 Å². The number of ether oxygens (including phenoxy) is 4. The molecule has 17 heteroatoms. The summed E-state index contributed by atoms with van der Waals surface area (Å²) in [6.07, 6.45) is -0.270. The fourth-order valence-electron chi connectivity index (χ4n) is 8.07. The Hall–Kier alpha value is -5.99. The van der Waals surface area contributed by atoms with Crippen molar-refractivity contribution in [3.8, 4) is 34.4 Å². The number of halogens is 2. The van der Waals surface area contributed by atoms with Gasteiger partial charge in [0.25, 0.3) is 0 Å². The summed E-state index contributed by atoms with van der Waals surface area (Å²) in [6, 6.07) is 31.1. The minimum absolute atomic E-state index is 0.0202. The number of morpholine rings is 1. The van der Waals surface area contributed by atoms with E-state index in [0.717, 1.165) is 38.5 Å². The van der Waals surface area contributed by atoms with Gasteiger partial charge in [-0.3, -0.25) is 4.79 Å². The molecule has 0 aliphatic carbocycles. The van der Waals surface area contributed by atoms with Crippen LogP contribution in [-0.2, 0) is 51.3 Å². The van der Waals surface area contributed by atoms with E-state index >= 15 is 0 Å². The van der Waals surface area contributed by atoms with Crippen LogP contribution in [0.15, 0.2) is 107 Å². The number of hydrogen-bond acceptors (Lipinski definition) is 11. The summed E-state index contributed by atoms with van der Waals surface area (Å²) in [4.78, 5) is 34.1. The van der Waals surface area contributed by atoms with E-state index in [1.165, 1.54) is 11.3 Å². The van der Waals surface area contributed by atoms with E-state index in [0.29, 0.717) is 81.2 Å². The third kappa shape index (κ3) is 10.0. The number of nitrogens with zero attached hydrogens (tertiary/aromatic N) is 4. The summed E-state index contributed by atoms with van der Waals surface area (Å²) < 4.78 is 41.3. The molecule has 4 heterocycles. The van der Waals surface area contributed by atoms with E-state index in [4.69, 9.17) is 52.4 Å². The highest BCUT2D eigenvalue weighted by Gasteiger charge is 2.40. The third-order valence-electron chi connectivity index (χ3n) is 11.7. The van der Waals surface area contributed by atoms with Gasteiger partial charge >= 0.3 is 5.97 Å². The number of carboxylic acids is 1. The second kappa shape index (κ2) is 19.9. The van der Waals surface area contributed by atoms with E-state index in [2.05, 4.69) is 16.3 Å². The molecular formula is C49H43Cl2N5O8S2. The molecule has 1 saturated heterocycles. The molecule has 1 amide bonds. The number of carboxylic acid groups (broad SMARTS) is 1. The van der Waals surface area contributed by atoms with Crippen LogP contribution >= 0.6 is 34.5 Å². The molecule has 4 unspecified atom stereocenters. The molecular weight excluding hydrogens is 922 g/mol. The largest absolute Gasteiger partial charge is 0.489 e. The lowest BCUT2D eigenvalue weighted by molar-refractivity contribution is -0.142. The number of hydrogen-bond donors (Lipinski definition) is 2. The molecule has 6 aromatic rings. The Morgan fingerprint density at radius 3 is 2.33 bits per heavy atom. The zero-order valence-electron chi connectivity index (χ0n) is 35.6. The number of nitriles is 1. The Labute approximate surface area is 398 Å². The van der Waals surface area contributed by atoms with Crippen LogP contribution in [-0.4, -0.2) is 75.5 Å². The molecule has 0 radical (unpaired) electrons. The summed E-state index contributed by atoms with van der Waals surface area (Å²) in [7, 11) is -1.86. The van der Waals surface area contributed by atoms with Crippen LogP contribution < -0.4 is 24.4 Å². The number of fused-ring (bicyclic) bond motifs is 2. The molecule has 9 rings (SSSR count). The SMILES string of the molecule is Cc1nc(N2CCOCC2)sc1S(=O)N1Cc2cc3c(cc2CC1C(=O)NC(Cc1ccc(-c2ccc(C#N)cc2)cc1)C(=O)O)OCC(c1ccc(OCc2ccc(Cl)c(Cl)c2)cc1)O3. The van der Waals surface area contributed by atoms with E-state index < -0.39 is 41.0 Å². The Kier molecular flexibility index (Phi) is 13.6. The number of thiazole rings is 1. The fourth-order valence-corrected chi connectivity index (χ4v) is 11.2. The molecule has 1 fully saturated rings. The molecule has 5 aromatic carbocycles. The average molecular weight is 965 g/mol. The fraction of sp³-hybridized carbons (Fsp3) is 0.265. The van der Waals surface area contributed by atoms with Crippen LogP contribution in [0, 0.1) is 18.3 Å². The van der Waals surface area contributed by atoms with Gasteiger partial charge < -0.3 is 34.3 Å². The first kappa shape index (κ1) is 45.2. The van der Waals surface area contributed by atoms with E-state index in [1.807, 2.05) is 85.8 Å². The first-order chi connectivity index (χ1) is 32.0. The van der Waals surface area contributed by atoms with Gasteiger partial charge in [-0.05, 0) is 101 Å². The monoisotopic (exact) mass is 963 g/mol. The Morgan fingerprint density at radius 1 is 0.939 bits per heavy atom. The van der Waals surface area contributed by atoms with Crippen molar-refractivity contribution in [1.29, 1.82) is 5.26 Å². The van der Waals surface area contributed by atoms with Crippen LogP contribution in [0.1, 0.15) is 45.2 Å². The highest BCUT2D eigenvalue weighted by molar-refractivity contribution is 7.85. The lowest BCUT2D eigenvalue weighted by Gasteiger charge is -2.36. The van der Waals surface area contributed by atoms with Crippen molar-refractivity contribution in [2.75, 3.05) is 37.8 Å². The van der Waals surface area contributed by atoms with Gasteiger partial charge in [-0.25, -0.2) is 18.3 Å². The van der Waals surface area contributed by atoms with Crippen molar-refractivity contribution in [1.82, 2.24) is 14.6 Å². The number of nitrogens with one attached hydrogen (secondary N) is 1. The first-order valence-corrected chi connectivity index (χ1v) is 23.9. The topological polar surface area (TPSA) is 164 Å². The van der Waals surface area contributed by atoms with Gasteiger partial charge in [0.05, 0.1) is 40.6 Å². The molecule has 1 aromatic heterocycles. The number of anilines is 1. The molecule has 0 saturated carbocycles. The summed E-state index contributed by atoms with van der Waals surface area (Å²) in [5.41, 5.74) is 7.03. The zero-order valence-corrected chi connectivity index (χ0v) is 38.7. The molecule has 0 bridgehead atoms. The number of benzene rings is 5. The number of aliphatic carboxylic acids is 1. The lowest BCUT2D eigenvalue weighted by atomic mass is 9.94. The van der Waals surface area contributed by atoms with Gasteiger partial charge in [-0.2, -0.15) is 5.26 Å². The minimum Gasteiger partial charge on any atom is -0.489 e. The summed E-state index contributed by atoms with van der Waals surface area (Å²) in [5, 5.41) is 24.0. The van der Waals surface area contributed by atoms with E-state index in [9.17, 15) is 18.9 Å². The molecule has 0 spiro atoms. The Morgan fingerprint density at radius 2 is 1.64 bits per heavy atom. The predicted molar refractivity (Wildman–Crippen MR) is 252 cm³/mol. The maximum atomic E-state index is 14.8. The normalized spacial score (nSPS) is 17.8. The number of aromatic nitrogens is 1. The van der Waals surface area contributed by atoms with Gasteiger partial charge in [0, 0.05) is 26.1 Å². The zero-order chi connectivity index (χ0) is 45.9. The van der Waals surface area contributed by atoms with Gasteiger partial charge in [0.15, 0.2) is 22.7 Å². The van der Waals surface area contributed by atoms with Crippen LogP contribution in [0.25, 0.3) is 11.1 Å². The smallest absolute Gasteiger partial charge is 0.326 e. The quantitative estimate of drug-likeness (QED) is 0.114. The van der Waals surface area contributed by atoms with Gasteiger partial charge in [-0.1, -0.05) is 89.1 Å². The Balaban J connectivity index is 0.939. The van der Waals surface area contributed by atoms with Crippen LogP contribution in [0.3, 0.4) is 0 Å². The van der Waals surface area contributed by atoms with Crippen molar-refractivity contribution < 1.29 is 37.9 Å². The maximum absolute atomic E-state index is 14.8. The number of carbonyl (C=O) groups excluding carboxylic acids is 1. The third-order valence-corrected chi connectivity index (χ3v) is 15.6. The van der Waals surface area contributed by atoms with Crippen molar-refractivity contribution in [3.05, 3.63) is 152 Å². The van der Waals surface area contributed by atoms with Gasteiger partial charge in [-0.15, -0.1) is 0 Å². The Bertz CT molecular complexity index is 2830. The molecule has 13 nitrogen and oxygen atoms in total. The summed E-state index contributed by atoms with van der Waals surface area (Å²) >= 11 is 13.5. The van der Waals surface area contributed by atoms with Crippen molar-refractivity contribution in [2.45, 2.75) is 55.3 Å². The summed E-state index contributed by atoms with van der Waals surface area (Å²) in [5.74, 6) is -0.0673. The molecule has 4 atom stereocenters. The minimum atomic E-state index is -1.86. The van der Waals surface area contributed by atoms with Crippen molar-refractivity contribution >= 4 is 62.5 Å². The van der Waals surface area contributed by atoms with Crippen molar-refractivity contribution in [2.24, 2.45) is 0 Å².